The van der Waals surface area contributed by atoms with Crippen molar-refractivity contribution in [1.29, 1.82) is 0 Å². The van der Waals surface area contributed by atoms with Gasteiger partial charge < -0.3 is 4.90 Å². The van der Waals surface area contributed by atoms with Gasteiger partial charge in [-0.1, -0.05) is 51.8 Å². The molecule has 1 nitrogen and oxygen atoms in total. The van der Waals surface area contributed by atoms with Crippen LogP contribution in [0.5, 0.6) is 0 Å². The van der Waals surface area contributed by atoms with Crippen molar-refractivity contribution in [2.24, 2.45) is 0 Å². The zero-order valence-corrected chi connectivity index (χ0v) is 12.9. The standard InChI is InChI=1S/C16H15BrClN/c17-14-5-3-4-12(10-14)13-8-9-19(11-13)16-7-2-1-6-15(16)18/h1-7,10,13H,8-9,11H2. The van der Waals surface area contributed by atoms with Gasteiger partial charge in [0.2, 0.25) is 0 Å². The summed E-state index contributed by atoms with van der Waals surface area (Å²) >= 11 is 9.82. The average molecular weight is 337 g/mol. The summed E-state index contributed by atoms with van der Waals surface area (Å²) in [4.78, 5) is 2.38. The monoisotopic (exact) mass is 335 g/mol. The first-order valence-corrected chi connectivity index (χ1v) is 7.66. The van der Waals surface area contributed by atoms with E-state index in [-0.39, 0.29) is 0 Å². The summed E-state index contributed by atoms with van der Waals surface area (Å²) in [6, 6.07) is 16.7. The Kier molecular flexibility index (Phi) is 3.81. The van der Waals surface area contributed by atoms with E-state index < -0.39 is 0 Å². The number of rotatable bonds is 2. The third-order valence-corrected chi connectivity index (χ3v) is 4.51. The molecule has 1 aliphatic rings. The Morgan fingerprint density at radius 2 is 1.95 bits per heavy atom. The second-order valence-corrected chi connectivity index (χ2v) is 6.26. The number of para-hydroxylation sites is 1. The van der Waals surface area contributed by atoms with Crippen molar-refractivity contribution in [2.45, 2.75) is 12.3 Å². The maximum atomic E-state index is 6.27. The van der Waals surface area contributed by atoms with Gasteiger partial charge in [-0.25, -0.2) is 0 Å². The van der Waals surface area contributed by atoms with E-state index >= 15 is 0 Å². The summed E-state index contributed by atoms with van der Waals surface area (Å²) in [5.41, 5.74) is 2.56. The van der Waals surface area contributed by atoms with Crippen LogP contribution in [0.4, 0.5) is 5.69 Å². The van der Waals surface area contributed by atoms with E-state index in [9.17, 15) is 0 Å². The van der Waals surface area contributed by atoms with Gasteiger partial charge in [0.1, 0.15) is 0 Å². The first-order chi connectivity index (χ1) is 9.24. The number of hydrogen-bond donors (Lipinski definition) is 0. The average Bonchev–Trinajstić information content (AvgIpc) is 2.89. The smallest absolute Gasteiger partial charge is 0.0639 e. The molecule has 0 aliphatic carbocycles. The molecule has 1 atom stereocenters. The van der Waals surface area contributed by atoms with Gasteiger partial charge in [0.25, 0.3) is 0 Å². The SMILES string of the molecule is Clc1ccccc1N1CCC(c2cccc(Br)c2)C1. The van der Waals surface area contributed by atoms with Crippen molar-refractivity contribution in [2.75, 3.05) is 18.0 Å². The van der Waals surface area contributed by atoms with Crippen LogP contribution in [-0.2, 0) is 0 Å². The third kappa shape index (κ3) is 2.80. The highest BCUT2D eigenvalue weighted by Gasteiger charge is 2.25. The fourth-order valence-corrected chi connectivity index (χ4v) is 3.39. The molecule has 2 aromatic rings. The van der Waals surface area contributed by atoms with Crippen molar-refractivity contribution in [3.8, 4) is 0 Å². The molecule has 1 unspecified atom stereocenters. The molecule has 1 aliphatic heterocycles. The van der Waals surface area contributed by atoms with Crippen molar-refractivity contribution in [3.05, 3.63) is 63.6 Å². The Hall–Kier alpha value is -0.990. The molecule has 3 rings (SSSR count). The Bertz CT molecular complexity index is 584. The van der Waals surface area contributed by atoms with Crippen LogP contribution in [0, 0.1) is 0 Å². The summed E-state index contributed by atoms with van der Waals surface area (Å²) in [7, 11) is 0. The second kappa shape index (κ2) is 5.56. The highest BCUT2D eigenvalue weighted by molar-refractivity contribution is 9.10. The van der Waals surface area contributed by atoms with E-state index in [0.717, 1.165) is 28.3 Å². The number of anilines is 1. The lowest BCUT2D eigenvalue weighted by atomic mass is 9.99. The van der Waals surface area contributed by atoms with Crippen LogP contribution in [0.3, 0.4) is 0 Å². The minimum Gasteiger partial charge on any atom is -0.370 e. The Morgan fingerprint density at radius 3 is 2.74 bits per heavy atom. The van der Waals surface area contributed by atoms with Crippen LogP contribution >= 0.6 is 27.5 Å². The number of halogens is 2. The molecule has 1 saturated heterocycles. The first-order valence-electron chi connectivity index (χ1n) is 6.49. The van der Waals surface area contributed by atoms with Crippen LogP contribution in [0.2, 0.25) is 5.02 Å². The molecule has 0 spiro atoms. The van der Waals surface area contributed by atoms with Crippen molar-refractivity contribution in [3.63, 3.8) is 0 Å². The molecule has 0 bridgehead atoms. The van der Waals surface area contributed by atoms with E-state index in [2.05, 4.69) is 51.2 Å². The first kappa shape index (κ1) is 13.0. The Balaban J connectivity index is 1.79. The highest BCUT2D eigenvalue weighted by atomic mass is 79.9. The van der Waals surface area contributed by atoms with Gasteiger partial charge >= 0.3 is 0 Å². The minimum atomic E-state index is 0.591. The van der Waals surface area contributed by atoms with Gasteiger partial charge in [0.05, 0.1) is 10.7 Å². The topological polar surface area (TPSA) is 3.24 Å². The maximum Gasteiger partial charge on any atom is 0.0639 e. The molecule has 3 heteroatoms. The van der Waals surface area contributed by atoms with Crippen molar-refractivity contribution < 1.29 is 0 Å². The lowest BCUT2D eigenvalue weighted by Gasteiger charge is -2.20. The predicted octanol–water partition coefficient (Wildman–Crippen LogP) is 5.10. The van der Waals surface area contributed by atoms with Gasteiger partial charge in [0, 0.05) is 23.5 Å². The number of nitrogens with zero attached hydrogens (tertiary/aromatic N) is 1. The van der Waals surface area contributed by atoms with Gasteiger partial charge in [-0.05, 0) is 36.2 Å². The van der Waals surface area contributed by atoms with Gasteiger partial charge in [-0.3, -0.25) is 0 Å². The summed E-state index contributed by atoms with van der Waals surface area (Å²) in [6.45, 7) is 2.11. The normalized spacial score (nSPS) is 18.8. The fraction of sp³-hybridized carbons (Fsp3) is 0.250. The van der Waals surface area contributed by atoms with Gasteiger partial charge in [-0.15, -0.1) is 0 Å². The predicted molar refractivity (Wildman–Crippen MR) is 85.2 cm³/mol. The van der Waals surface area contributed by atoms with Crippen LogP contribution in [0.15, 0.2) is 53.0 Å². The lowest BCUT2D eigenvalue weighted by Crippen LogP contribution is -2.19. The largest absolute Gasteiger partial charge is 0.370 e. The molecular weight excluding hydrogens is 322 g/mol. The van der Waals surface area contributed by atoms with Crippen molar-refractivity contribution in [1.82, 2.24) is 0 Å². The van der Waals surface area contributed by atoms with Gasteiger partial charge in [0.15, 0.2) is 0 Å². The molecule has 0 radical (unpaired) electrons. The fourth-order valence-electron chi connectivity index (χ4n) is 2.72. The van der Waals surface area contributed by atoms with Crippen LogP contribution < -0.4 is 4.90 Å². The van der Waals surface area contributed by atoms with Crippen LogP contribution in [0.25, 0.3) is 0 Å². The molecule has 0 N–H and O–H groups in total. The maximum absolute atomic E-state index is 6.27. The van der Waals surface area contributed by atoms with E-state index in [0.29, 0.717) is 5.92 Å². The highest BCUT2D eigenvalue weighted by Crippen LogP contribution is 2.34. The van der Waals surface area contributed by atoms with Crippen LogP contribution in [0.1, 0.15) is 17.9 Å². The summed E-state index contributed by atoms with van der Waals surface area (Å²) in [5, 5.41) is 0.845. The zero-order valence-electron chi connectivity index (χ0n) is 10.5. The Labute approximate surface area is 127 Å². The summed E-state index contributed by atoms with van der Waals surface area (Å²) < 4.78 is 1.15. The molecule has 2 aromatic carbocycles. The van der Waals surface area contributed by atoms with Crippen molar-refractivity contribution >= 4 is 33.2 Å². The molecule has 0 saturated carbocycles. The molecule has 0 amide bonds. The zero-order chi connectivity index (χ0) is 13.2. The van der Waals surface area contributed by atoms with E-state index in [1.165, 1.54) is 12.0 Å². The molecule has 0 aromatic heterocycles. The Morgan fingerprint density at radius 1 is 1.11 bits per heavy atom. The molecule has 1 heterocycles. The number of benzene rings is 2. The molecule has 19 heavy (non-hydrogen) atoms. The molecule has 98 valence electrons. The summed E-state index contributed by atoms with van der Waals surface area (Å²) in [5.74, 6) is 0.591. The van der Waals surface area contributed by atoms with Gasteiger partial charge in [-0.2, -0.15) is 0 Å². The summed E-state index contributed by atoms with van der Waals surface area (Å²) in [6.07, 6.45) is 1.18. The number of hydrogen-bond acceptors (Lipinski definition) is 1. The molecule has 1 fully saturated rings. The van der Waals surface area contributed by atoms with E-state index in [1.54, 1.807) is 0 Å². The lowest BCUT2D eigenvalue weighted by molar-refractivity contribution is 0.774. The third-order valence-electron chi connectivity index (χ3n) is 3.70. The quantitative estimate of drug-likeness (QED) is 0.738. The van der Waals surface area contributed by atoms with E-state index in [4.69, 9.17) is 11.6 Å². The molecular formula is C16H15BrClN. The van der Waals surface area contributed by atoms with Crippen LogP contribution in [-0.4, -0.2) is 13.1 Å². The van der Waals surface area contributed by atoms with E-state index in [1.807, 2.05) is 18.2 Å². The second-order valence-electron chi connectivity index (χ2n) is 4.94. The minimum absolute atomic E-state index is 0.591.